The Bertz CT molecular complexity index is 1200. The van der Waals surface area contributed by atoms with E-state index >= 15 is 0 Å². The number of hydrogen-bond donors (Lipinski definition) is 2. The monoisotopic (exact) mass is 461 g/mol. The largest absolute Gasteiger partial charge is 0.489 e. The van der Waals surface area contributed by atoms with Crippen LogP contribution in [0.2, 0.25) is 0 Å². The third-order valence-electron chi connectivity index (χ3n) is 5.73. The Morgan fingerprint density at radius 3 is 2.32 bits per heavy atom. The minimum absolute atomic E-state index is 0.214. The third-order valence-corrected chi connectivity index (χ3v) is 5.73. The first-order valence-electron chi connectivity index (χ1n) is 10.8. The molecule has 3 aromatic rings. The number of imide groups is 1. The van der Waals surface area contributed by atoms with Crippen LogP contribution < -0.4 is 15.4 Å². The van der Waals surface area contributed by atoms with Crippen molar-refractivity contribution < 1.29 is 23.5 Å². The number of benzene rings is 3. The maximum atomic E-state index is 13.3. The van der Waals surface area contributed by atoms with E-state index in [2.05, 4.69) is 10.6 Å². The first kappa shape index (κ1) is 23.0. The van der Waals surface area contributed by atoms with E-state index < -0.39 is 35.7 Å². The van der Waals surface area contributed by atoms with Gasteiger partial charge in [0.15, 0.2) is 0 Å². The number of hydrogen-bond acceptors (Lipinski definition) is 4. The molecule has 0 radical (unpaired) electrons. The molecule has 174 valence electrons. The van der Waals surface area contributed by atoms with Gasteiger partial charge < -0.3 is 15.4 Å². The highest BCUT2D eigenvalue weighted by Gasteiger charge is 2.49. The molecular weight excluding hydrogens is 437 g/mol. The number of halogens is 1. The van der Waals surface area contributed by atoms with E-state index in [1.54, 1.807) is 0 Å². The molecule has 4 rings (SSSR count). The Labute approximate surface area is 196 Å². The van der Waals surface area contributed by atoms with Gasteiger partial charge in [-0.1, -0.05) is 54.6 Å². The molecule has 8 heteroatoms. The molecule has 1 aliphatic heterocycles. The number of rotatable bonds is 8. The smallest absolute Gasteiger partial charge is 0.325 e. The quantitative estimate of drug-likeness (QED) is 0.503. The van der Waals surface area contributed by atoms with Crippen molar-refractivity contribution in [1.82, 2.24) is 15.5 Å². The molecule has 1 atom stereocenters. The van der Waals surface area contributed by atoms with Gasteiger partial charge in [0.2, 0.25) is 5.91 Å². The summed E-state index contributed by atoms with van der Waals surface area (Å²) in [5.74, 6) is -0.763. The minimum Gasteiger partial charge on any atom is -0.489 e. The average molecular weight is 461 g/mol. The van der Waals surface area contributed by atoms with Crippen LogP contribution in [0.3, 0.4) is 0 Å². The van der Waals surface area contributed by atoms with E-state index in [9.17, 15) is 18.8 Å². The van der Waals surface area contributed by atoms with Crippen molar-refractivity contribution >= 4 is 17.8 Å². The highest BCUT2D eigenvalue weighted by molar-refractivity contribution is 6.09. The summed E-state index contributed by atoms with van der Waals surface area (Å²) in [7, 11) is 0. The molecule has 0 saturated carbocycles. The molecular formula is C26H24FN3O4. The van der Waals surface area contributed by atoms with E-state index in [4.69, 9.17) is 4.74 Å². The van der Waals surface area contributed by atoms with E-state index in [0.717, 1.165) is 21.8 Å². The zero-order chi connectivity index (χ0) is 24.1. The van der Waals surface area contributed by atoms with Gasteiger partial charge in [-0.2, -0.15) is 0 Å². The Balaban J connectivity index is 1.37. The molecule has 0 spiro atoms. The number of para-hydroxylation sites is 1. The van der Waals surface area contributed by atoms with Gasteiger partial charge >= 0.3 is 6.03 Å². The lowest BCUT2D eigenvalue weighted by molar-refractivity contribution is -0.134. The van der Waals surface area contributed by atoms with E-state index in [1.807, 2.05) is 54.6 Å². The summed E-state index contributed by atoms with van der Waals surface area (Å²) in [5, 5.41) is 5.37. The Kier molecular flexibility index (Phi) is 6.58. The Morgan fingerprint density at radius 2 is 1.62 bits per heavy atom. The molecule has 4 amide bonds. The molecule has 3 aromatic carbocycles. The van der Waals surface area contributed by atoms with Crippen molar-refractivity contribution in [2.45, 2.75) is 25.6 Å². The van der Waals surface area contributed by atoms with Crippen LogP contribution in [-0.4, -0.2) is 29.3 Å². The van der Waals surface area contributed by atoms with Gasteiger partial charge in [0.25, 0.3) is 5.91 Å². The number of nitrogens with zero attached hydrogens (tertiary/aromatic N) is 1. The van der Waals surface area contributed by atoms with Crippen LogP contribution in [0.5, 0.6) is 5.75 Å². The van der Waals surface area contributed by atoms with Gasteiger partial charge in [-0.15, -0.1) is 0 Å². The second-order valence-corrected chi connectivity index (χ2v) is 8.10. The predicted molar refractivity (Wildman–Crippen MR) is 123 cm³/mol. The molecule has 0 aromatic heterocycles. The zero-order valence-electron chi connectivity index (χ0n) is 18.6. The summed E-state index contributed by atoms with van der Waals surface area (Å²) in [4.78, 5) is 38.9. The molecule has 1 aliphatic rings. The van der Waals surface area contributed by atoms with Crippen molar-refractivity contribution in [2.75, 3.05) is 6.54 Å². The summed E-state index contributed by atoms with van der Waals surface area (Å²) in [6.07, 6.45) is 0. The highest BCUT2D eigenvalue weighted by Crippen LogP contribution is 2.28. The summed E-state index contributed by atoms with van der Waals surface area (Å²) in [6, 6.07) is 21.6. The summed E-state index contributed by atoms with van der Waals surface area (Å²) < 4.78 is 19.1. The fraction of sp³-hybridized carbons (Fsp3) is 0.192. The lowest BCUT2D eigenvalue weighted by atomic mass is 9.92. The lowest BCUT2D eigenvalue weighted by Crippen LogP contribution is -2.43. The summed E-state index contributed by atoms with van der Waals surface area (Å²) in [6.45, 7) is 1.65. The van der Waals surface area contributed by atoms with Crippen molar-refractivity contribution in [2.24, 2.45) is 0 Å². The fourth-order valence-electron chi connectivity index (χ4n) is 3.76. The molecule has 1 fully saturated rings. The topological polar surface area (TPSA) is 87.7 Å². The molecule has 1 heterocycles. The first-order valence-corrected chi connectivity index (χ1v) is 10.8. The van der Waals surface area contributed by atoms with E-state index in [1.165, 1.54) is 31.2 Å². The molecule has 2 N–H and O–H groups in total. The van der Waals surface area contributed by atoms with Gasteiger partial charge in [-0.25, -0.2) is 9.18 Å². The van der Waals surface area contributed by atoms with Crippen LogP contribution in [0.1, 0.15) is 23.6 Å². The van der Waals surface area contributed by atoms with Crippen molar-refractivity contribution in [1.29, 1.82) is 0 Å². The first-order chi connectivity index (χ1) is 16.4. The molecule has 1 unspecified atom stereocenters. The number of carbonyl (C=O) groups is 3. The standard InChI is InChI=1S/C26H24FN3O4/c1-26(20-11-13-21(27)14-12-20)24(32)30(25(33)29-26)16-23(31)28-15-18-7-5-6-8-19(18)17-34-22-9-3-2-4-10-22/h2-14H,15-17H2,1H3,(H,28,31)(H,29,33). The Hall–Kier alpha value is -4.20. The van der Waals surface area contributed by atoms with Crippen LogP contribution in [0.4, 0.5) is 9.18 Å². The molecule has 7 nitrogen and oxygen atoms in total. The van der Waals surface area contributed by atoms with Crippen LogP contribution in [0.15, 0.2) is 78.9 Å². The van der Waals surface area contributed by atoms with Gasteiger partial charge in [-0.05, 0) is 47.9 Å². The maximum absolute atomic E-state index is 13.3. The number of amides is 4. The third kappa shape index (κ3) is 4.91. The normalized spacial score (nSPS) is 17.4. The van der Waals surface area contributed by atoms with Crippen molar-refractivity contribution in [3.05, 3.63) is 101 Å². The maximum Gasteiger partial charge on any atom is 0.325 e. The van der Waals surface area contributed by atoms with E-state index in [-0.39, 0.29) is 6.54 Å². The van der Waals surface area contributed by atoms with Gasteiger partial charge in [0, 0.05) is 6.54 Å². The van der Waals surface area contributed by atoms with Crippen LogP contribution in [0, 0.1) is 5.82 Å². The second-order valence-electron chi connectivity index (χ2n) is 8.10. The number of urea groups is 1. The zero-order valence-corrected chi connectivity index (χ0v) is 18.6. The van der Waals surface area contributed by atoms with E-state index in [0.29, 0.717) is 12.2 Å². The fourth-order valence-corrected chi connectivity index (χ4v) is 3.76. The second kappa shape index (κ2) is 9.74. The summed E-state index contributed by atoms with van der Waals surface area (Å²) >= 11 is 0. The molecule has 0 bridgehead atoms. The van der Waals surface area contributed by atoms with Crippen molar-refractivity contribution in [3.8, 4) is 5.75 Å². The summed E-state index contributed by atoms with van der Waals surface area (Å²) in [5.41, 5.74) is 0.833. The lowest BCUT2D eigenvalue weighted by Gasteiger charge is -2.22. The number of nitrogens with one attached hydrogen (secondary N) is 2. The number of ether oxygens (including phenoxy) is 1. The predicted octanol–water partition coefficient (Wildman–Crippen LogP) is 3.49. The average Bonchev–Trinajstić information content (AvgIpc) is 3.06. The highest BCUT2D eigenvalue weighted by atomic mass is 19.1. The van der Waals surface area contributed by atoms with Crippen LogP contribution in [-0.2, 0) is 28.3 Å². The molecule has 34 heavy (non-hydrogen) atoms. The number of carbonyl (C=O) groups excluding carboxylic acids is 3. The molecule has 1 saturated heterocycles. The van der Waals surface area contributed by atoms with Gasteiger partial charge in [0.05, 0.1) is 0 Å². The van der Waals surface area contributed by atoms with Crippen LogP contribution in [0.25, 0.3) is 0 Å². The van der Waals surface area contributed by atoms with Crippen LogP contribution >= 0.6 is 0 Å². The minimum atomic E-state index is -1.37. The van der Waals surface area contributed by atoms with Crippen molar-refractivity contribution in [3.63, 3.8) is 0 Å². The molecule has 0 aliphatic carbocycles. The SMILES string of the molecule is CC1(c2ccc(F)cc2)NC(=O)N(CC(=O)NCc2ccccc2COc2ccccc2)C1=O. The van der Waals surface area contributed by atoms with Gasteiger partial charge in [-0.3, -0.25) is 14.5 Å². The Morgan fingerprint density at radius 1 is 0.971 bits per heavy atom. The van der Waals surface area contributed by atoms with Gasteiger partial charge in [0.1, 0.15) is 30.3 Å².